The number of aromatic amines is 1. The van der Waals surface area contributed by atoms with Crippen LogP contribution >= 0.6 is 0 Å². The van der Waals surface area contributed by atoms with Gasteiger partial charge in [0.05, 0.1) is 11.1 Å². The molecule has 8 nitrogen and oxygen atoms in total. The van der Waals surface area contributed by atoms with Crippen LogP contribution in [0.1, 0.15) is 66.0 Å². The van der Waals surface area contributed by atoms with Crippen molar-refractivity contribution >= 4 is 23.0 Å². The van der Waals surface area contributed by atoms with Gasteiger partial charge < -0.3 is 24.7 Å². The summed E-state index contributed by atoms with van der Waals surface area (Å²) in [4.78, 5) is 39.6. The van der Waals surface area contributed by atoms with Crippen molar-refractivity contribution in [3.8, 4) is 5.75 Å². The number of fused-ring (bicyclic) bond motifs is 1. The van der Waals surface area contributed by atoms with Crippen LogP contribution in [0.15, 0.2) is 29.2 Å². The summed E-state index contributed by atoms with van der Waals surface area (Å²) in [5, 5.41) is 12.6. The topological polar surface area (TPSA) is 113 Å². The number of aryl methyl sites for hydroxylation is 3. The molecule has 2 aromatic heterocycles. The first-order valence-electron chi connectivity index (χ1n) is 10.7. The first-order valence-corrected chi connectivity index (χ1v) is 10.7. The fourth-order valence-electron chi connectivity index (χ4n) is 4.06. The highest BCUT2D eigenvalue weighted by Gasteiger charge is 2.20. The first kappa shape index (κ1) is 23.1. The predicted molar refractivity (Wildman–Crippen MR) is 123 cm³/mol. The Balaban J connectivity index is 2.03. The van der Waals surface area contributed by atoms with Gasteiger partial charge in [-0.05, 0) is 57.4 Å². The number of carboxylic acid groups (broad SMARTS) is 1. The number of aromatic nitrogens is 2. The molecule has 0 aliphatic rings. The number of amides is 1. The van der Waals surface area contributed by atoms with E-state index in [2.05, 4.69) is 10.3 Å². The zero-order valence-electron chi connectivity index (χ0n) is 19.0. The zero-order valence-corrected chi connectivity index (χ0v) is 19.0. The minimum atomic E-state index is -1.45. The number of ether oxygens (including phenoxy) is 1. The molecule has 0 saturated heterocycles. The molecule has 3 N–H and O–H groups in total. The summed E-state index contributed by atoms with van der Waals surface area (Å²) in [6.45, 7) is 9.84. The van der Waals surface area contributed by atoms with Gasteiger partial charge in [0.15, 0.2) is 0 Å². The van der Waals surface area contributed by atoms with Gasteiger partial charge in [-0.1, -0.05) is 13.3 Å². The Morgan fingerprint density at radius 2 is 1.94 bits per heavy atom. The third-order valence-corrected chi connectivity index (χ3v) is 5.41. The predicted octanol–water partition coefficient (Wildman–Crippen LogP) is 4.47. The molecule has 0 saturated carbocycles. The average Bonchev–Trinajstić information content (AvgIpc) is 3.03. The lowest BCUT2D eigenvalue weighted by Crippen LogP contribution is -2.28. The van der Waals surface area contributed by atoms with Crippen LogP contribution in [0.25, 0.3) is 10.9 Å². The van der Waals surface area contributed by atoms with E-state index in [1.807, 2.05) is 51.4 Å². The van der Waals surface area contributed by atoms with Crippen molar-refractivity contribution in [1.29, 1.82) is 0 Å². The fraction of sp³-hybridized carbons (Fsp3) is 0.375. The summed E-state index contributed by atoms with van der Waals surface area (Å²) in [6.07, 6.45) is 2.09. The molecular formula is C24H29N3O5. The van der Waals surface area contributed by atoms with Crippen molar-refractivity contribution in [3.05, 3.63) is 62.7 Å². The Kier molecular flexibility index (Phi) is 6.72. The number of hydrogen-bond donors (Lipinski definition) is 3. The van der Waals surface area contributed by atoms with Crippen LogP contribution in [0.4, 0.5) is 4.79 Å². The van der Waals surface area contributed by atoms with Crippen molar-refractivity contribution in [1.82, 2.24) is 14.9 Å². The van der Waals surface area contributed by atoms with E-state index in [0.29, 0.717) is 16.6 Å². The molecule has 0 radical (unpaired) electrons. The zero-order chi connectivity index (χ0) is 23.6. The molecule has 0 bridgehead atoms. The quantitative estimate of drug-likeness (QED) is 0.371. The molecule has 0 aliphatic carbocycles. The third-order valence-electron chi connectivity index (χ3n) is 5.41. The van der Waals surface area contributed by atoms with Crippen LogP contribution in [0.3, 0.4) is 0 Å². The van der Waals surface area contributed by atoms with Gasteiger partial charge in [0, 0.05) is 41.5 Å². The number of pyridine rings is 1. The maximum absolute atomic E-state index is 13.2. The van der Waals surface area contributed by atoms with Crippen molar-refractivity contribution in [3.63, 3.8) is 0 Å². The Morgan fingerprint density at radius 3 is 2.56 bits per heavy atom. The molecule has 0 fully saturated rings. The molecule has 0 unspecified atom stereocenters. The lowest BCUT2D eigenvalue weighted by molar-refractivity contribution is 0.0951. The lowest BCUT2D eigenvalue weighted by Gasteiger charge is -2.13. The maximum atomic E-state index is 13.2. The highest BCUT2D eigenvalue weighted by Crippen LogP contribution is 2.32. The summed E-state index contributed by atoms with van der Waals surface area (Å²) in [5.74, 6) is -0.340. The van der Waals surface area contributed by atoms with Crippen molar-refractivity contribution < 1.29 is 19.4 Å². The molecule has 3 aromatic rings. The molecule has 170 valence electrons. The van der Waals surface area contributed by atoms with Crippen molar-refractivity contribution in [2.24, 2.45) is 0 Å². The summed E-state index contributed by atoms with van der Waals surface area (Å²) >= 11 is 0. The van der Waals surface area contributed by atoms with E-state index in [1.165, 1.54) is 6.07 Å². The number of H-pyrrole nitrogens is 1. The minimum Gasteiger partial charge on any atom is -0.449 e. The van der Waals surface area contributed by atoms with Crippen LogP contribution in [0.2, 0.25) is 0 Å². The summed E-state index contributed by atoms with van der Waals surface area (Å²) < 4.78 is 6.84. The van der Waals surface area contributed by atoms with E-state index in [9.17, 15) is 14.4 Å². The van der Waals surface area contributed by atoms with Gasteiger partial charge in [0.2, 0.25) is 0 Å². The summed E-state index contributed by atoms with van der Waals surface area (Å²) in [7, 11) is 0. The van der Waals surface area contributed by atoms with Gasteiger partial charge in [0.25, 0.3) is 11.5 Å². The summed E-state index contributed by atoms with van der Waals surface area (Å²) in [5.41, 5.74) is 3.89. The lowest BCUT2D eigenvalue weighted by atomic mass is 10.0. The van der Waals surface area contributed by atoms with E-state index in [1.54, 1.807) is 6.07 Å². The second-order valence-electron chi connectivity index (χ2n) is 8.26. The molecule has 0 atom stereocenters. The van der Waals surface area contributed by atoms with Crippen LogP contribution < -0.4 is 15.6 Å². The van der Waals surface area contributed by atoms with E-state index < -0.39 is 12.1 Å². The van der Waals surface area contributed by atoms with Gasteiger partial charge in [-0.25, -0.2) is 4.79 Å². The first-order chi connectivity index (χ1) is 15.1. The molecule has 2 heterocycles. The largest absolute Gasteiger partial charge is 0.511 e. The van der Waals surface area contributed by atoms with E-state index in [0.717, 1.165) is 35.0 Å². The molecule has 3 rings (SSSR count). The van der Waals surface area contributed by atoms with Crippen LogP contribution in [-0.2, 0) is 13.0 Å². The molecular weight excluding hydrogens is 410 g/mol. The molecule has 1 aromatic carbocycles. The number of hydrogen-bond acceptors (Lipinski definition) is 4. The van der Waals surface area contributed by atoms with Crippen LogP contribution in [0.5, 0.6) is 5.75 Å². The maximum Gasteiger partial charge on any atom is 0.511 e. The minimum absolute atomic E-state index is 0.0648. The van der Waals surface area contributed by atoms with Gasteiger partial charge in [-0.2, -0.15) is 0 Å². The Morgan fingerprint density at radius 1 is 1.22 bits per heavy atom. The molecule has 32 heavy (non-hydrogen) atoms. The normalized spacial score (nSPS) is 11.2. The highest BCUT2D eigenvalue weighted by molar-refractivity contribution is 6.08. The number of nitrogens with zero attached hydrogens (tertiary/aromatic N) is 1. The molecule has 1 amide bonds. The number of benzene rings is 1. The van der Waals surface area contributed by atoms with Gasteiger partial charge >= 0.3 is 6.16 Å². The Hall–Kier alpha value is -3.55. The highest BCUT2D eigenvalue weighted by atomic mass is 16.7. The summed E-state index contributed by atoms with van der Waals surface area (Å²) in [6, 6.07) is 5.08. The monoisotopic (exact) mass is 439 g/mol. The van der Waals surface area contributed by atoms with E-state index in [4.69, 9.17) is 9.84 Å². The third kappa shape index (κ3) is 4.69. The van der Waals surface area contributed by atoms with Crippen LogP contribution in [0, 0.1) is 13.8 Å². The fourth-order valence-corrected chi connectivity index (χ4v) is 4.06. The smallest absolute Gasteiger partial charge is 0.449 e. The Bertz CT molecular complexity index is 1240. The number of rotatable bonds is 7. The van der Waals surface area contributed by atoms with E-state index >= 15 is 0 Å². The van der Waals surface area contributed by atoms with Gasteiger partial charge in [0.1, 0.15) is 5.75 Å². The van der Waals surface area contributed by atoms with E-state index in [-0.39, 0.29) is 23.9 Å². The number of carbonyl (C=O) groups excluding carboxylic acids is 1. The second-order valence-corrected chi connectivity index (χ2v) is 8.26. The van der Waals surface area contributed by atoms with Crippen molar-refractivity contribution in [2.45, 2.75) is 60.0 Å². The second kappa shape index (κ2) is 9.30. The van der Waals surface area contributed by atoms with Gasteiger partial charge in [-0.3, -0.25) is 9.59 Å². The molecule has 8 heteroatoms. The SMILES string of the molecule is CCCc1cc(C)[nH]c(=O)c1CNC(=O)c1cc(OC(=O)O)cc2c1c(C)cn2C(C)C. The standard InChI is InChI=1S/C24H29N3O5/c1-6-7-16-8-15(5)26-23(29)19(16)11-25-22(28)18-9-17(32-24(30)31)10-20-21(18)14(4)12-27(20)13(2)3/h8-10,12-13H,6-7,11H2,1-5H3,(H,25,28)(H,26,29)(H,30,31). The number of carbonyl (C=O) groups is 2. The van der Waals surface area contributed by atoms with Crippen molar-refractivity contribution in [2.75, 3.05) is 0 Å². The average molecular weight is 440 g/mol. The Labute approximate surface area is 186 Å². The molecule has 0 spiro atoms. The number of nitrogens with one attached hydrogen (secondary N) is 2. The van der Waals surface area contributed by atoms with Crippen LogP contribution in [-0.4, -0.2) is 26.7 Å². The van der Waals surface area contributed by atoms with Gasteiger partial charge in [-0.15, -0.1) is 0 Å². The molecule has 0 aliphatic heterocycles.